The first-order valence-corrected chi connectivity index (χ1v) is 13.5. The van der Waals surface area contributed by atoms with Crippen molar-refractivity contribution >= 4 is 29.0 Å². The molecule has 7 aliphatic rings. The van der Waals surface area contributed by atoms with Crippen molar-refractivity contribution in [3.63, 3.8) is 0 Å². The smallest absolute Gasteiger partial charge is 0.251 e. The third-order valence-corrected chi connectivity index (χ3v) is 11.5. The number of carbonyl (C=O) groups is 2. The Balaban J connectivity index is 1.41. The molecule has 8 rings (SSSR count). The Hall–Kier alpha value is -2.07. The molecule has 1 saturated carbocycles. The van der Waals surface area contributed by atoms with Gasteiger partial charge in [0.1, 0.15) is 23.2 Å². The van der Waals surface area contributed by atoms with Gasteiger partial charge in [-0.1, -0.05) is 19.9 Å². The number of Topliss-reactive ketones (excluding diaryl/α,β-unsaturated/α-hetero) is 1. The van der Waals surface area contributed by atoms with Crippen LogP contribution in [-0.2, 0) is 14.5 Å². The normalized spacial score (nSPS) is 44.5. The molecular weight excluding hydrogens is 498 g/mol. The number of hydrogen-bond donors (Lipinski definition) is 3. The Labute approximate surface area is 221 Å². The van der Waals surface area contributed by atoms with Gasteiger partial charge in [0.2, 0.25) is 0 Å². The Morgan fingerprint density at radius 1 is 1.19 bits per heavy atom. The minimum atomic E-state index is -1.61. The molecule has 1 aliphatic carbocycles. The van der Waals surface area contributed by atoms with Crippen molar-refractivity contribution < 1.29 is 29.3 Å². The number of nitrogens with zero attached hydrogens (tertiary/aromatic N) is 2. The van der Waals surface area contributed by atoms with Crippen LogP contribution in [-0.4, -0.2) is 87.0 Å². The second-order valence-electron chi connectivity index (χ2n) is 13.1. The number of nitrogens with one attached hydrogen (secondary N) is 1. The Bertz CT molecular complexity index is 1280. The summed E-state index contributed by atoms with van der Waals surface area (Å²) in [5, 5.41) is 26.5. The summed E-state index contributed by atoms with van der Waals surface area (Å²) in [5.41, 5.74) is -3.91. The summed E-state index contributed by atoms with van der Waals surface area (Å²) in [5.74, 6) is 0.505. The number of amides is 1. The van der Waals surface area contributed by atoms with Crippen LogP contribution in [0.3, 0.4) is 0 Å². The maximum atomic E-state index is 13.8. The molecule has 9 nitrogen and oxygen atoms in total. The Morgan fingerprint density at radius 2 is 1.92 bits per heavy atom. The number of piperidine rings is 2. The van der Waals surface area contributed by atoms with Crippen LogP contribution in [0.2, 0.25) is 0 Å². The molecule has 0 aromatic heterocycles. The average Bonchev–Trinajstić information content (AvgIpc) is 3.22. The van der Waals surface area contributed by atoms with Gasteiger partial charge < -0.3 is 29.9 Å². The summed E-state index contributed by atoms with van der Waals surface area (Å²) in [7, 11) is 1.79. The van der Waals surface area contributed by atoms with Gasteiger partial charge in [0, 0.05) is 44.0 Å². The highest BCUT2D eigenvalue weighted by Gasteiger charge is 2.81. The number of likely N-dealkylation sites (N-methyl/N-ethyl adjacent to an activating group) is 1. The molecule has 1 aromatic carbocycles. The van der Waals surface area contributed by atoms with Gasteiger partial charge in [-0.25, -0.2) is 0 Å². The van der Waals surface area contributed by atoms with Crippen LogP contribution in [0.1, 0.15) is 52.5 Å². The van der Waals surface area contributed by atoms with Crippen LogP contribution in [0.4, 0.5) is 5.69 Å². The topological polar surface area (TPSA) is 112 Å². The van der Waals surface area contributed by atoms with E-state index in [1.807, 2.05) is 19.9 Å². The molecule has 1 amide bonds. The van der Waals surface area contributed by atoms with Crippen molar-refractivity contribution in [1.82, 2.24) is 9.80 Å². The van der Waals surface area contributed by atoms with Gasteiger partial charge >= 0.3 is 0 Å². The summed E-state index contributed by atoms with van der Waals surface area (Å²) >= 11 is 7.60. The largest absolute Gasteiger partial charge is 0.485 e. The summed E-state index contributed by atoms with van der Waals surface area (Å²) in [6.45, 7) is 8.71. The maximum Gasteiger partial charge on any atom is 0.251 e. The zero-order chi connectivity index (χ0) is 26.6. The third kappa shape index (κ3) is 2.37. The number of halogens is 1. The van der Waals surface area contributed by atoms with Crippen molar-refractivity contribution in [1.29, 1.82) is 0 Å². The minimum absolute atomic E-state index is 0.0251. The molecule has 5 fully saturated rings. The van der Waals surface area contributed by atoms with Crippen molar-refractivity contribution in [2.45, 2.75) is 80.3 Å². The lowest BCUT2D eigenvalue weighted by Gasteiger charge is -2.72. The van der Waals surface area contributed by atoms with E-state index < -0.39 is 38.8 Å². The molecule has 0 radical (unpaired) electrons. The number of fused-ring (bicyclic) bond motifs is 6. The number of aliphatic hydroxyl groups is 2. The highest BCUT2D eigenvalue weighted by atomic mass is 35.5. The molecule has 6 heterocycles. The van der Waals surface area contributed by atoms with Gasteiger partial charge in [0.05, 0.1) is 11.2 Å². The second kappa shape index (κ2) is 6.55. The van der Waals surface area contributed by atoms with Crippen LogP contribution in [0.15, 0.2) is 12.1 Å². The number of anilines is 1. The van der Waals surface area contributed by atoms with Gasteiger partial charge in [-0.2, -0.15) is 0 Å². The van der Waals surface area contributed by atoms with E-state index in [0.717, 1.165) is 0 Å². The number of aliphatic hydroxyl groups excluding tert-OH is 1. The number of carbonyl (C=O) groups excluding carboxylic acids is 2. The molecule has 6 aliphatic heterocycles. The fourth-order valence-corrected chi connectivity index (χ4v) is 9.26. The number of alkyl halides is 1. The predicted molar refractivity (Wildman–Crippen MR) is 135 cm³/mol. The number of rotatable bonds is 0. The van der Waals surface area contributed by atoms with Crippen LogP contribution in [0.5, 0.6) is 11.5 Å². The zero-order valence-electron chi connectivity index (χ0n) is 21.9. The first-order chi connectivity index (χ1) is 17.2. The standard InChI is InChI=1S/C27H34ClN3O6/c1-22(2)16-10-25-17(32)8-9-31(25)13-24(16,30(5)21(25)34)12-26(28)14-6-7-15-20(19(14)29-27(22,26)35)36-11-18(33)23(3,4)37-15/h6-7,16,18,29,33,35H,8-13H2,1-5H3/t16-,18?,24+,25+,26-,27-/m0/s1. The summed E-state index contributed by atoms with van der Waals surface area (Å²) in [4.78, 5) is 29.5. The van der Waals surface area contributed by atoms with E-state index in [2.05, 4.69) is 10.2 Å². The molecule has 200 valence electrons. The van der Waals surface area contributed by atoms with E-state index in [1.54, 1.807) is 31.9 Å². The Morgan fingerprint density at radius 3 is 2.65 bits per heavy atom. The van der Waals surface area contributed by atoms with Crippen molar-refractivity contribution in [3.8, 4) is 11.5 Å². The molecule has 37 heavy (non-hydrogen) atoms. The lowest BCUT2D eigenvalue weighted by atomic mass is 9.46. The van der Waals surface area contributed by atoms with Gasteiger partial charge in [0.15, 0.2) is 28.5 Å². The number of ketones is 1. The number of piperazine rings is 1. The quantitative estimate of drug-likeness (QED) is 0.343. The summed E-state index contributed by atoms with van der Waals surface area (Å²) < 4.78 is 12.2. The van der Waals surface area contributed by atoms with Crippen LogP contribution >= 0.6 is 11.6 Å². The van der Waals surface area contributed by atoms with Crippen molar-refractivity contribution in [2.75, 3.05) is 32.1 Å². The molecule has 2 bridgehead atoms. The fraction of sp³-hybridized carbons (Fsp3) is 0.704. The van der Waals surface area contributed by atoms with Gasteiger partial charge in [0.25, 0.3) is 5.91 Å². The van der Waals surface area contributed by atoms with E-state index in [4.69, 9.17) is 21.1 Å². The number of benzene rings is 1. The maximum absolute atomic E-state index is 13.8. The lowest BCUT2D eigenvalue weighted by Crippen LogP contribution is -2.86. The molecule has 1 unspecified atom stereocenters. The molecule has 2 spiro atoms. The SMILES string of the molecule is CN1C(=O)[C@]23C[C@H]4C(C)(C)[C@@]5(O)Nc6c(ccc7c6OCC(O)C(C)(C)O7)[C@@]5(Cl)C[C@@]41CN2CCC3=O. The highest BCUT2D eigenvalue weighted by molar-refractivity contribution is 6.27. The van der Waals surface area contributed by atoms with Gasteiger partial charge in [-0.15, -0.1) is 11.6 Å². The van der Waals surface area contributed by atoms with Crippen LogP contribution in [0, 0.1) is 11.3 Å². The van der Waals surface area contributed by atoms with Gasteiger partial charge in [-0.05, 0) is 32.3 Å². The number of ether oxygens (including phenoxy) is 2. The first-order valence-electron chi connectivity index (χ1n) is 13.1. The highest BCUT2D eigenvalue weighted by Crippen LogP contribution is 2.72. The molecule has 4 saturated heterocycles. The van der Waals surface area contributed by atoms with Crippen LogP contribution in [0.25, 0.3) is 0 Å². The fourth-order valence-electron chi connectivity index (χ4n) is 8.58. The monoisotopic (exact) mass is 531 g/mol. The zero-order valence-corrected chi connectivity index (χ0v) is 22.6. The lowest BCUT2D eigenvalue weighted by molar-refractivity contribution is -0.242. The van der Waals surface area contributed by atoms with Gasteiger partial charge in [-0.3, -0.25) is 14.5 Å². The van der Waals surface area contributed by atoms with E-state index >= 15 is 0 Å². The number of hydrogen-bond acceptors (Lipinski definition) is 8. The summed E-state index contributed by atoms with van der Waals surface area (Å²) in [6.07, 6.45) is 0.188. The second-order valence-corrected chi connectivity index (χ2v) is 13.7. The molecular formula is C27H34ClN3O6. The van der Waals surface area contributed by atoms with E-state index in [0.29, 0.717) is 55.1 Å². The van der Waals surface area contributed by atoms with E-state index in [-0.39, 0.29) is 24.2 Å². The van der Waals surface area contributed by atoms with E-state index in [9.17, 15) is 19.8 Å². The third-order valence-electron chi connectivity index (χ3n) is 10.9. The molecule has 10 heteroatoms. The molecule has 3 N–H and O–H groups in total. The van der Waals surface area contributed by atoms with Crippen molar-refractivity contribution in [3.05, 3.63) is 17.7 Å². The minimum Gasteiger partial charge on any atom is -0.485 e. The first kappa shape index (κ1) is 24.0. The predicted octanol–water partition coefficient (Wildman–Crippen LogP) is 1.82. The van der Waals surface area contributed by atoms with Crippen molar-refractivity contribution in [2.24, 2.45) is 11.3 Å². The van der Waals surface area contributed by atoms with Crippen LogP contribution < -0.4 is 14.8 Å². The summed E-state index contributed by atoms with van der Waals surface area (Å²) in [6, 6.07) is 3.64. The van der Waals surface area contributed by atoms with E-state index in [1.165, 1.54) is 0 Å². The molecule has 6 atom stereocenters. The average molecular weight is 532 g/mol. The molecule has 1 aromatic rings. The Kier molecular flexibility index (Phi) is 4.25.